The van der Waals surface area contributed by atoms with Gasteiger partial charge in [-0.05, 0) is 31.5 Å². The van der Waals surface area contributed by atoms with Gasteiger partial charge in [0, 0.05) is 0 Å². The summed E-state index contributed by atoms with van der Waals surface area (Å²) in [6.07, 6.45) is 0. The molecular weight excluding hydrogens is 206 g/mol. The van der Waals surface area contributed by atoms with Crippen molar-refractivity contribution in [2.24, 2.45) is 0 Å². The number of methoxy groups -OCH3 is 1. The molecule has 1 aromatic rings. The highest BCUT2D eigenvalue weighted by molar-refractivity contribution is 5.93. The summed E-state index contributed by atoms with van der Waals surface area (Å²) in [5.74, 6) is -0.203. The van der Waals surface area contributed by atoms with Crippen LogP contribution in [-0.2, 0) is 4.74 Å². The van der Waals surface area contributed by atoms with E-state index in [1.54, 1.807) is 19.1 Å². The summed E-state index contributed by atoms with van der Waals surface area (Å²) >= 11 is 0. The molecule has 0 fully saturated rings. The number of ether oxygens (including phenoxy) is 2. The second kappa shape index (κ2) is 5.17. The first-order chi connectivity index (χ1) is 7.63. The molecule has 4 heteroatoms. The van der Waals surface area contributed by atoms with Crippen LogP contribution in [0.2, 0.25) is 0 Å². The third-order valence-corrected chi connectivity index (χ3v) is 2.05. The molecule has 0 spiro atoms. The van der Waals surface area contributed by atoms with Gasteiger partial charge in [0.1, 0.15) is 11.6 Å². The van der Waals surface area contributed by atoms with Crippen molar-refractivity contribution < 1.29 is 14.3 Å². The zero-order valence-corrected chi connectivity index (χ0v) is 9.53. The van der Waals surface area contributed by atoms with Crippen LogP contribution in [0.25, 0.3) is 0 Å². The van der Waals surface area contributed by atoms with Gasteiger partial charge in [0.2, 0.25) is 0 Å². The van der Waals surface area contributed by atoms with Crippen molar-refractivity contribution in [3.05, 3.63) is 28.8 Å². The van der Waals surface area contributed by atoms with Gasteiger partial charge in [-0.3, -0.25) is 0 Å². The Kier molecular flexibility index (Phi) is 3.90. The molecule has 4 nitrogen and oxygen atoms in total. The average molecular weight is 219 g/mol. The molecule has 16 heavy (non-hydrogen) atoms. The number of hydrogen-bond acceptors (Lipinski definition) is 4. The second-order valence-electron chi connectivity index (χ2n) is 3.23. The minimum absolute atomic E-state index is 0.270. The number of carbonyl (C=O) groups is 1. The summed E-state index contributed by atoms with van der Waals surface area (Å²) in [5, 5.41) is 8.93. The maximum atomic E-state index is 11.6. The molecule has 84 valence electrons. The Morgan fingerprint density at radius 3 is 2.69 bits per heavy atom. The van der Waals surface area contributed by atoms with Gasteiger partial charge in [-0.25, -0.2) is 4.79 Å². The molecule has 0 aromatic heterocycles. The zero-order chi connectivity index (χ0) is 12.1. The first-order valence-corrected chi connectivity index (χ1v) is 4.89. The van der Waals surface area contributed by atoms with Crippen LogP contribution in [0.5, 0.6) is 5.75 Å². The van der Waals surface area contributed by atoms with Gasteiger partial charge in [-0.1, -0.05) is 0 Å². The Labute approximate surface area is 94.4 Å². The molecule has 0 saturated heterocycles. The van der Waals surface area contributed by atoms with Crippen molar-refractivity contribution in [1.29, 1.82) is 5.26 Å². The van der Waals surface area contributed by atoms with Crippen LogP contribution < -0.4 is 4.74 Å². The number of benzene rings is 1. The number of aryl methyl sites for hydroxylation is 1. The number of rotatable bonds is 3. The number of esters is 1. The van der Waals surface area contributed by atoms with E-state index in [1.165, 1.54) is 7.11 Å². The van der Waals surface area contributed by atoms with Crippen LogP contribution in [0, 0.1) is 18.3 Å². The minimum Gasteiger partial charge on any atom is -0.494 e. The van der Waals surface area contributed by atoms with E-state index >= 15 is 0 Å². The molecule has 0 bridgehead atoms. The summed E-state index contributed by atoms with van der Waals surface area (Å²) in [6, 6.07) is 5.31. The van der Waals surface area contributed by atoms with E-state index in [2.05, 4.69) is 0 Å². The maximum Gasteiger partial charge on any atom is 0.341 e. The largest absolute Gasteiger partial charge is 0.494 e. The Bertz CT molecular complexity index is 446. The second-order valence-corrected chi connectivity index (χ2v) is 3.23. The molecule has 0 amide bonds. The fourth-order valence-corrected chi connectivity index (χ4v) is 1.44. The molecule has 0 aliphatic heterocycles. The third-order valence-electron chi connectivity index (χ3n) is 2.05. The molecule has 0 aliphatic carbocycles. The summed E-state index contributed by atoms with van der Waals surface area (Å²) < 4.78 is 9.96. The van der Waals surface area contributed by atoms with Crippen molar-refractivity contribution in [3.8, 4) is 11.8 Å². The van der Waals surface area contributed by atoms with Gasteiger partial charge >= 0.3 is 5.97 Å². The Morgan fingerprint density at radius 2 is 2.19 bits per heavy atom. The quantitative estimate of drug-likeness (QED) is 0.730. The van der Waals surface area contributed by atoms with Gasteiger partial charge < -0.3 is 9.47 Å². The zero-order valence-electron chi connectivity index (χ0n) is 9.53. The van der Waals surface area contributed by atoms with E-state index in [0.717, 1.165) is 5.56 Å². The number of nitrogens with zero attached hydrogens (tertiary/aromatic N) is 1. The number of carbonyl (C=O) groups excluding carboxylic acids is 1. The molecule has 0 heterocycles. The summed E-state index contributed by atoms with van der Waals surface area (Å²) in [5.41, 5.74) is 1.45. The standard InChI is InChI=1S/C12H13NO3/c1-4-16-12(14)10-6-8(2)5-9(7-13)11(10)15-3/h5-6H,4H2,1-3H3. The van der Waals surface area contributed by atoms with Crippen molar-refractivity contribution in [1.82, 2.24) is 0 Å². The van der Waals surface area contributed by atoms with Crippen molar-refractivity contribution in [2.75, 3.05) is 13.7 Å². The maximum absolute atomic E-state index is 11.6. The lowest BCUT2D eigenvalue weighted by atomic mass is 10.1. The molecule has 0 N–H and O–H groups in total. The third kappa shape index (κ3) is 2.31. The molecule has 0 saturated carbocycles. The van der Waals surface area contributed by atoms with Crippen LogP contribution in [0.4, 0.5) is 0 Å². The minimum atomic E-state index is -0.473. The average Bonchev–Trinajstić information content (AvgIpc) is 2.28. The van der Waals surface area contributed by atoms with Crippen LogP contribution in [0.3, 0.4) is 0 Å². The number of hydrogen-bond donors (Lipinski definition) is 0. The van der Waals surface area contributed by atoms with Gasteiger partial charge in [-0.2, -0.15) is 5.26 Å². The molecule has 0 atom stereocenters. The SMILES string of the molecule is CCOC(=O)c1cc(C)cc(C#N)c1OC. The Morgan fingerprint density at radius 1 is 1.50 bits per heavy atom. The Balaban J connectivity index is 3.32. The summed E-state index contributed by atoms with van der Waals surface area (Å²) in [4.78, 5) is 11.6. The summed E-state index contributed by atoms with van der Waals surface area (Å²) in [7, 11) is 1.42. The normalized spacial score (nSPS) is 9.38. The van der Waals surface area contributed by atoms with Crippen molar-refractivity contribution in [3.63, 3.8) is 0 Å². The lowest BCUT2D eigenvalue weighted by Gasteiger charge is -2.10. The highest BCUT2D eigenvalue weighted by Gasteiger charge is 2.17. The monoisotopic (exact) mass is 219 g/mol. The predicted molar refractivity (Wildman–Crippen MR) is 58.4 cm³/mol. The smallest absolute Gasteiger partial charge is 0.341 e. The van der Waals surface area contributed by atoms with Gasteiger partial charge in [0.05, 0.1) is 19.3 Å². The first-order valence-electron chi connectivity index (χ1n) is 4.89. The van der Waals surface area contributed by atoms with E-state index in [-0.39, 0.29) is 12.4 Å². The number of nitriles is 1. The first kappa shape index (κ1) is 12.1. The fourth-order valence-electron chi connectivity index (χ4n) is 1.44. The van der Waals surface area contributed by atoms with Gasteiger partial charge in [0.25, 0.3) is 0 Å². The lowest BCUT2D eigenvalue weighted by molar-refractivity contribution is 0.0522. The van der Waals surface area contributed by atoms with Gasteiger partial charge in [0.15, 0.2) is 5.75 Å². The lowest BCUT2D eigenvalue weighted by Crippen LogP contribution is -2.08. The van der Waals surface area contributed by atoms with Crippen molar-refractivity contribution >= 4 is 5.97 Å². The van der Waals surface area contributed by atoms with Crippen LogP contribution in [0.15, 0.2) is 12.1 Å². The highest BCUT2D eigenvalue weighted by atomic mass is 16.5. The van der Waals surface area contributed by atoms with E-state index in [1.807, 2.05) is 13.0 Å². The van der Waals surface area contributed by atoms with E-state index in [4.69, 9.17) is 14.7 Å². The molecular formula is C12H13NO3. The topological polar surface area (TPSA) is 59.3 Å². The van der Waals surface area contributed by atoms with Crippen molar-refractivity contribution in [2.45, 2.75) is 13.8 Å². The fraction of sp³-hybridized carbons (Fsp3) is 0.333. The van der Waals surface area contributed by atoms with Crippen LogP contribution in [-0.4, -0.2) is 19.7 Å². The van der Waals surface area contributed by atoms with E-state index in [9.17, 15) is 4.79 Å². The van der Waals surface area contributed by atoms with E-state index in [0.29, 0.717) is 11.1 Å². The summed E-state index contributed by atoms with van der Waals surface area (Å²) in [6.45, 7) is 3.83. The molecule has 1 aromatic carbocycles. The molecule has 0 aliphatic rings. The highest BCUT2D eigenvalue weighted by Crippen LogP contribution is 2.25. The predicted octanol–water partition coefficient (Wildman–Crippen LogP) is 2.05. The van der Waals surface area contributed by atoms with E-state index < -0.39 is 5.97 Å². The molecule has 0 unspecified atom stereocenters. The van der Waals surface area contributed by atoms with Crippen LogP contribution >= 0.6 is 0 Å². The molecule has 0 radical (unpaired) electrons. The molecule has 1 rings (SSSR count). The van der Waals surface area contributed by atoms with Crippen LogP contribution in [0.1, 0.15) is 28.4 Å². The van der Waals surface area contributed by atoms with Gasteiger partial charge in [-0.15, -0.1) is 0 Å². The Hall–Kier alpha value is -2.02.